The van der Waals surface area contributed by atoms with Crippen molar-refractivity contribution in [2.24, 2.45) is 0 Å². The molecule has 2 aromatic carbocycles. The zero-order chi connectivity index (χ0) is 23.5. The van der Waals surface area contributed by atoms with Crippen LogP contribution in [0, 0.1) is 0 Å². The van der Waals surface area contributed by atoms with Gasteiger partial charge in [-0.1, -0.05) is 29.8 Å². The molecule has 174 valence electrons. The molecule has 1 aliphatic rings. The molecule has 3 heterocycles. The van der Waals surface area contributed by atoms with Gasteiger partial charge in [0.1, 0.15) is 23.6 Å². The lowest BCUT2D eigenvalue weighted by molar-refractivity contribution is -0.121. The molecule has 4 aromatic rings. The Hall–Kier alpha value is -3.71. The number of amides is 1. The topological polar surface area (TPSA) is 85.5 Å². The van der Waals surface area contributed by atoms with Gasteiger partial charge in [0, 0.05) is 35.6 Å². The van der Waals surface area contributed by atoms with Crippen molar-refractivity contribution >= 4 is 28.4 Å². The van der Waals surface area contributed by atoms with E-state index in [9.17, 15) is 4.79 Å². The number of fused-ring (bicyclic) bond motifs is 2. The third-order valence-electron chi connectivity index (χ3n) is 5.93. The summed E-state index contributed by atoms with van der Waals surface area (Å²) in [6.45, 7) is 0.727. The van der Waals surface area contributed by atoms with Crippen LogP contribution in [0.25, 0.3) is 10.9 Å². The van der Waals surface area contributed by atoms with Crippen molar-refractivity contribution in [3.8, 4) is 17.2 Å². The molecule has 1 aliphatic heterocycles. The lowest BCUT2D eigenvalue weighted by Gasteiger charge is -2.26. The predicted molar refractivity (Wildman–Crippen MR) is 130 cm³/mol. The first kappa shape index (κ1) is 22.1. The molecule has 0 aliphatic carbocycles. The molecule has 7 nitrogen and oxygen atoms in total. The van der Waals surface area contributed by atoms with Crippen LogP contribution in [-0.4, -0.2) is 42.2 Å². The standard InChI is InChI=1S/C26H24ClN3O4/c1-32-17-7-8-22-20(10-17)21(14-28-22)19(16-6-9-25(27)29-12-16)11-26(31)30-13-18-15-33-23-4-2-3-5-24(23)34-18/h2-10,12,14,18-19,28H,11,13,15H2,1H3,(H,30,31)/t18-,19-/m1/s1. The summed E-state index contributed by atoms with van der Waals surface area (Å²) in [4.78, 5) is 20.6. The van der Waals surface area contributed by atoms with Gasteiger partial charge in [0.15, 0.2) is 11.5 Å². The number of pyridine rings is 1. The lowest BCUT2D eigenvalue weighted by atomic mass is 9.89. The Morgan fingerprint density at radius 2 is 2.09 bits per heavy atom. The van der Waals surface area contributed by atoms with Crippen LogP contribution in [0.2, 0.25) is 5.15 Å². The van der Waals surface area contributed by atoms with Crippen LogP contribution in [0.1, 0.15) is 23.5 Å². The Morgan fingerprint density at radius 1 is 1.24 bits per heavy atom. The number of hydrogen-bond acceptors (Lipinski definition) is 5. The third-order valence-corrected chi connectivity index (χ3v) is 6.16. The minimum atomic E-state index is -0.258. The average molecular weight is 478 g/mol. The highest BCUT2D eigenvalue weighted by Crippen LogP contribution is 2.35. The number of nitrogens with one attached hydrogen (secondary N) is 2. The highest BCUT2D eigenvalue weighted by Gasteiger charge is 2.25. The zero-order valence-electron chi connectivity index (χ0n) is 18.6. The number of rotatable bonds is 7. The quantitative estimate of drug-likeness (QED) is 0.377. The summed E-state index contributed by atoms with van der Waals surface area (Å²) < 4.78 is 17.1. The van der Waals surface area contributed by atoms with Crippen LogP contribution in [-0.2, 0) is 4.79 Å². The van der Waals surface area contributed by atoms with Crippen LogP contribution in [0.5, 0.6) is 17.2 Å². The first-order chi connectivity index (χ1) is 16.6. The number of aromatic nitrogens is 2. The molecule has 0 spiro atoms. The molecule has 2 atom stereocenters. The molecular weight excluding hydrogens is 454 g/mol. The number of aromatic amines is 1. The highest BCUT2D eigenvalue weighted by molar-refractivity contribution is 6.29. The fourth-order valence-corrected chi connectivity index (χ4v) is 4.30. The molecule has 34 heavy (non-hydrogen) atoms. The minimum absolute atomic E-state index is 0.0975. The number of methoxy groups -OCH3 is 1. The van der Waals surface area contributed by atoms with Gasteiger partial charge in [-0.15, -0.1) is 0 Å². The second kappa shape index (κ2) is 9.65. The molecule has 0 saturated heterocycles. The third kappa shape index (κ3) is 4.65. The van der Waals surface area contributed by atoms with Crippen LogP contribution in [0.3, 0.4) is 0 Å². The molecule has 1 amide bonds. The Labute approximate surface area is 202 Å². The molecule has 5 rings (SSSR count). The Kier molecular flexibility index (Phi) is 6.27. The predicted octanol–water partition coefficient (Wildman–Crippen LogP) is 4.70. The maximum absolute atomic E-state index is 13.0. The SMILES string of the molecule is COc1ccc2[nH]cc([C@H](CC(=O)NC[C@@H]3COc4ccccc4O3)c3ccc(Cl)nc3)c2c1. The monoisotopic (exact) mass is 477 g/mol. The van der Waals surface area contributed by atoms with Crippen molar-refractivity contribution in [1.82, 2.24) is 15.3 Å². The summed E-state index contributed by atoms with van der Waals surface area (Å²) in [5.41, 5.74) is 2.85. The number of nitrogens with zero attached hydrogens (tertiary/aromatic N) is 1. The number of hydrogen-bond donors (Lipinski definition) is 2. The molecule has 0 saturated carbocycles. The molecular formula is C26H24ClN3O4. The summed E-state index contributed by atoms with van der Waals surface area (Å²) >= 11 is 6.01. The van der Waals surface area contributed by atoms with E-state index in [4.69, 9.17) is 25.8 Å². The van der Waals surface area contributed by atoms with Crippen molar-refractivity contribution in [3.05, 3.63) is 83.3 Å². The smallest absolute Gasteiger partial charge is 0.221 e. The minimum Gasteiger partial charge on any atom is -0.497 e. The van der Waals surface area contributed by atoms with Gasteiger partial charge >= 0.3 is 0 Å². The van der Waals surface area contributed by atoms with Crippen LogP contribution in [0.4, 0.5) is 0 Å². The molecule has 2 N–H and O–H groups in total. The number of carbonyl (C=O) groups excluding carboxylic acids is 1. The van der Waals surface area contributed by atoms with Crippen molar-refractivity contribution in [2.45, 2.75) is 18.4 Å². The van der Waals surface area contributed by atoms with E-state index in [1.165, 1.54) is 0 Å². The van der Waals surface area contributed by atoms with E-state index in [2.05, 4.69) is 15.3 Å². The van der Waals surface area contributed by atoms with E-state index in [1.54, 1.807) is 19.4 Å². The van der Waals surface area contributed by atoms with E-state index in [0.29, 0.717) is 24.1 Å². The first-order valence-corrected chi connectivity index (χ1v) is 11.4. The van der Waals surface area contributed by atoms with E-state index >= 15 is 0 Å². The number of H-pyrrole nitrogens is 1. The van der Waals surface area contributed by atoms with E-state index in [-0.39, 0.29) is 24.3 Å². The summed E-state index contributed by atoms with van der Waals surface area (Å²) in [7, 11) is 1.64. The number of ether oxygens (including phenoxy) is 3. The Morgan fingerprint density at radius 3 is 2.88 bits per heavy atom. The van der Waals surface area contributed by atoms with Gasteiger partial charge in [0.05, 0.1) is 13.7 Å². The van der Waals surface area contributed by atoms with Crippen LogP contribution in [0.15, 0.2) is 67.0 Å². The van der Waals surface area contributed by atoms with Gasteiger partial charge in [-0.2, -0.15) is 0 Å². The second-order valence-corrected chi connectivity index (χ2v) is 8.52. The van der Waals surface area contributed by atoms with E-state index < -0.39 is 0 Å². The number of para-hydroxylation sites is 2. The van der Waals surface area contributed by atoms with E-state index in [1.807, 2.05) is 54.7 Å². The van der Waals surface area contributed by atoms with Crippen molar-refractivity contribution in [3.63, 3.8) is 0 Å². The van der Waals surface area contributed by atoms with Crippen LogP contribution >= 0.6 is 11.6 Å². The van der Waals surface area contributed by atoms with Gasteiger partial charge in [-0.05, 0) is 47.5 Å². The number of halogens is 1. The van der Waals surface area contributed by atoms with Gasteiger partial charge in [0.25, 0.3) is 0 Å². The summed E-state index contributed by atoms with van der Waals surface area (Å²) in [6, 6.07) is 17.0. The highest BCUT2D eigenvalue weighted by atomic mass is 35.5. The molecule has 0 bridgehead atoms. The average Bonchev–Trinajstić information content (AvgIpc) is 3.29. The number of benzene rings is 2. The largest absolute Gasteiger partial charge is 0.497 e. The molecule has 2 aromatic heterocycles. The molecule has 8 heteroatoms. The van der Waals surface area contributed by atoms with Gasteiger partial charge in [-0.25, -0.2) is 4.98 Å². The molecule has 0 fully saturated rings. The van der Waals surface area contributed by atoms with Crippen molar-refractivity contribution in [2.75, 3.05) is 20.3 Å². The zero-order valence-corrected chi connectivity index (χ0v) is 19.3. The fourth-order valence-electron chi connectivity index (χ4n) is 4.19. The van der Waals surface area contributed by atoms with Gasteiger partial charge in [-0.3, -0.25) is 4.79 Å². The summed E-state index contributed by atoms with van der Waals surface area (Å²) in [5, 5.41) is 4.40. The normalized spacial score (nSPS) is 15.6. The lowest BCUT2D eigenvalue weighted by Crippen LogP contribution is -2.41. The summed E-state index contributed by atoms with van der Waals surface area (Å²) in [5.74, 6) is 1.83. The fraction of sp³-hybridized carbons (Fsp3) is 0.231. The van der Waals surface area contributed by atoms with Crippen molar-refractivity contribution < 1.29 is 19.0 Å². The van der Waals surface area contributed by atoms with Crippen LogP contribution < -0.4 is 19.5 Å². The van der Waals surface area contributed by atoms with Gasteiger partial charge in [0.2, 0.25) is 5.91 Å². The van der Waals surface area contributed by atoms with Crippen molar-refractivity contribution in [1.29, 1.82) is 0 Å². The number of carbonyl (C=O) groups is 1. The Balaban J connectivity index is 1.34. The maximum atomic E-state index is 13.0. The van der Waals surface area contributed by atoms with E-state index in [0.717, 1.165) is 33.5 Å². The molecule has 0 unspecified atom stereocenters. The van der Waals surface area contributed by atoms with Gasteiger partial charge < -0.3 is 24.5 Å². The maximum Gasteiger partial charge on any atom is 0.221 e. The first-order valence-electron chi connectivity index (χ1n) is 11.0. The Bertz CT molecular complexity index is 1310. The molecule has 0 radical (unpaired) electrons. The second-order valence-electron chi connectivity index (χ2n) is 8.13. The summed E-state index contributed by atoms with van der Waals surface area (Å²) in [6.07, 6.45) is 3.63.